The number of amides is 3. The van der Waals surface area contributed by atoms with Crippen LogP contribution in [-0.2, 0) is 17.9 Å². The normalized spacial score (nSPS) is 18.6. The Kier molecular flexibility index (Phi) is 7.65. The van der Waals surface area contributed by atoms with Crippen LogP contribution in [0, 0.1) is 5.92 Å². The van der Waals surface area contributed by atoms with Gasteiger partial charge in [0.25, 0.3) is 11.8 Å². The molecule has 1 N–H and O–H groups in total. The summed E-state index contributed by atoms with van der Waals surface area (Å²) in [5.41, 5.74) is 1.75. The highest BCUT2D eigenvalue weighted by Gasteiger charge is 2.35. The van der Waals surface area contributed by atoms with Crippen molar-refractivity contribution in [2.24, 2.45) is 5.92 Å². The molecule has 0 unspecified atom stereocenters. The van der Waals surface area contributed by atoms with Gasteiger partial charge in [-0.15, -0.1) is 0 Å². The van der Waals surface area contributed by atoms with Gasteiger partial charge in [0.1, 0.15) is 11.7 Å². The summed E-state index contributed by atoms with van der Waals surface area (Å²) >= 11 is 0. The van der Waals surface area contributed by atoms with E-state index in [9.17, 15) is 14.4 Å². The van der Waals surface area contributed by atoms with Crippen LogP contribution in [0.3, 0.4) is 0 Å². The first-order valence-corrected chi connectivity index (χ1v) is 12.4. The van der Waals surface area contributed by atoms with Crippen molar-refractivity contribution in [1.29, 1.82) is 0 Å². The molecule has 1 aromatic heterocycles. The average molecular weight is 466 g/mol. The Morgan fingerprint density at radius 3 is 2.65 bits per heavy atom. The highest BCUT2D eigenvalue weighted by atomic mass is 16.2. The number of nitrogens with one attached hydrogen (secondary N) is 1. The molecule has 34 heavy (non-hydrogen) atoms. The molecule has 8 nitrogen and oxygen atoms in total. The Bertz CT molecular complexity index is 1020. The first kappa shape index (κ1) is 24.0. The summed E-state index contributed by atoms with van der Waals surface area (Å²) in [6, 6.07) is 11.0. The topological polar surface area (TPSA) is 87.5 Å². The van der Waals surface area contributed by atoms with Gasteiger partial charge >= 0.3 is 0 Å². The summed E-state index contributed by atoms with van der Waals surface area (Å²) in [5.74, 6) is 0.0186. The minimum absolute atomic E-state index is 0.0976. The largest absolute Gasteiger partial charge is 0.354 e. The average Bonchev–Trinajstić information content (AvgIpc) is 3.21. The first-order chi connectivity index (χ1) is 16.4. The van der Waals surface area contributed by atoms with E-state index in [0.29, 0.717) is 50.8 Å². The first-order valence-electron chi connectivity index (χ1n) is 12.4. The van der Waals surface area contributed by atoms with Gasteiger partial charge in [-0.2, -0.15) is 5.10 Å². The maximum Gasteiger partial charge on any atom is 0.275 e. The van der Waals surface area contributed by atoms with Gasteiger partial charge in [0.15, 0.2) is 5.69 Å². The second-order valence-corrected chi connectivity index (χ2v) is 9.69. The second-order valence-electron chi connectivity index (χ2n) is 9.69. The second kappa shape index (κ2) is 10.8. The number of piperidine rings is 1. The number of rotatable bonds is 7. The molecule has 1 fully saturated rings. The zero-order valence-corrected chi connectivity index (χ0v) is 20.2. The SMILES string of the molecule is CC(C)CCNC(=O)[C@H]1CCCCN1C(=O)c1cc2n(n1)CCCN(Cc1ccccc1)C2=O. The van der Waals surface area contributed by atoms with E-state index >= 15 is 0 Å². The minimum atomic E-state index is -0.486. The van der Waals surface area contributed by atoms with E-state index in [1.165, 1.54) is 0 Å². The Hall–Kier alpha value is -3.16. The highest BCUT2D eigenvalue weighted by Crippen LogP contribution is 2.22. The van der Waals surface area contributed by atoms with Crippen LogP contribution in [-0.4, -0.2) is 63.0 Å². The lowest BCUT2D eigenvalue weighted by molar-refractivity contribution is -0.126. The van der Waals surface area contributed by atoms with Crippen LogP contribution in [0.5, 0.6) is 0 Å². The number of likely N-dealkylation sites (tertiary alicyclic amines) is 1. The van der Waals surface area contributed by atoms with Gasteiger partial charge in [0.05, 0.1) is 0 Å². The number of aryl methyl sites for hydroxylation is 1. The third kappa shape index (κ3) is 5.48. The van der Waals surface area contributed by atoms with Crippen molar-refractivity contribution in [3.63, 3.8) is 0 Å². The van der Waals surface area contributed by atoms with E-state index in [-0.39, 0.29) is 23.4 Å². The van der Waals surface area contributed by atoms with Gasteiger partial charge in [-0.05, 0) is 43.6 Å². The number of carbonyl (C=O) groups excluding carboxylic acids is 3. The maximum absolute atomic E-state index is 13.4. The van der Waals surface area contributed by atoms with Gasteiger partial charge in [0, 0.05) is 38.8 Å². The smallest absolute Gasteiger partial charge is 0.275 e. The van der Waals surface area contributed by atoms with Crippen LogP contribution in [0.1, 0.15) is 72.5 Å². The molecule has 2 aromatic rings. The molecule has 1 atom stereocenters. The number of benzene rings is 1. The molecule has 0 radical (unpaired) electrons. The minimum Gasteiger partial charge on any atom is -0.354 e. The number of fused-ring (bicyclic) bond motifs is 1. The number of hydrogen-bond donors (Lipinski definition) is 1. The molecule has 2 aliphatic heterocycles. The van der Waals surface area contributed by atoms with E-state index in [1.54, 1.807) is 15.6 Å². The molecule has 0 saturated carbocycles. The van der Waals surface area contributed by atoms with E-state index in [2.05, 4.69) is 24.3 Å². The van der Waals surface area contributed by atoms with Crippen LogP contribution < -0.4 is 5.32 Å². The highest BCUT2D eigenvalue weighted by molar-refractivity contribution is 5.99. The maximum atomic E-state index is 13.4. The van der Waals surface area contributed by atoms with E-state index in [0.717, 1.165) is 31.2 Å². The van der Waals surface area contributed by atoms with Crippen LogP contribution in [0.25, 0.3) is 0 Å². The summed E-state index contributed by atoms with van der Waals surface area (Å²) in [4.78, 5) is 43.0. The lowest BCUT2D eigenvalue weighted by atomic mass is 10.0. The zero-order chi connectivity index (χ0) is 24.1. The van der Waals surface area contributed by atoms with E-state index in [1.807, 2.05) is 35.2 Å². The van der Waals surface area contributed by atoms with Gasteiger partial charge < -0.3 is 15.1 Å². The fourth-order valence-electron chi connectivity index (χ4n) is 4.69. The fourth-order valence-corrected chi connectivity index (χ4v) is 4.69. The summed E-state index contributed by atoms with van der Waals surface area (Å²) in [6.45, 7) is 7.13. The zero-order valence-electron chi connectivity index (χ0n) is 20.2. The van der Waals surface area contributed by atoms with Crippen LogP contribution >= 0.6 is 0 Å². The molecule has 1 aromatic carbocycles. The molecular weight excluding hydrogens is 430 g/mol. The van der Waals surface area contributed by atoms with Crippen molar-refractivity contribution < 1.29 is 14.4 Å². The van der Waals surface area contributed by atoms with E-state index in [4.69, 9.17) is 0 Å². The molecule has 3 heterocycles. The predicted molar refractivity (Wildman–Crippen MR) is 129 cm³/mol. The van der Waals surface area contributed by atoms with Crippen molar-refractivity contribution in [2.45, 2.75) is 65.1 Å². The molecule has 0 bridgehead atoms. The van der Waals surface area contributed by atoms with Crippen molar-refractivity contribution >= 4 is 17.7 Å². The molecule has 1 saturated heterocycles. The third-order valence-corrected chi connectivity index (χ3v) is 6.61. The number of aromatic nitrogens is 2. The Labute approximate surface area is 201 Å². The van der Waals surface area contributed by atoms with Crippen molar-refractivity contribution in [2.75, 3.05) is 19.6 Å². The Morgan fingerprint density at radius 2 is 1.88 bits per heavy atom. The van der Waals surface area contributed by atoms with Gasteiger partial charge in [-0.25, -0.2) is 0 Å². The van der Waals surface area contributed by atoms with Gasteiger partial charge in [-0.1, -0.05) is 44.2 Å². The fraction of sp³-hybridized carbons (Fsp3) is 0.538. The third-order valence-electron chi connectivity index (χ3n) is 6.61. The summed E-state index contributed by atoms with van der Waals surface area (Å²) in [5, 5.41) is 7.50. The standard InChI is InChI=1S/C26H35N5O3/c1-19(2)12-13-27-24(32)22-11-6-7-15-30(22)25(33)21-17-23-26(34)29(14-8-16-31(23)28-21)18-20-9-4-3-5-10-20/h3-5,9-10,17,19,22H,6-8,11-16,18H2,1-2H3,(H,27,32)/t22-/m1/s1. The molecule has 2 aliphatic rings. The van der Waals surface area contributed by atoms with Gasteiger partial charge in [-0.3, -0.25) is 19.1 Å². The number of carbonyl (C=O) groups is 3. The molecule has 8 heteroatoms. The summed E-state index contributed by atoms with van der Waals surface area (Å²) < 4.78 is 1.65. The predicted octanol–water partition coefficient (Wildman–Crippen LogP) is 3.09. The summed E-state index contributed by atoms with van der Waals surface area (Å²) in [7, 11) is 0. The molecular formula is C26H35N5O3. The Balaban J connectivity index is 1.48. The lowest BCUT2D eigenvalue weighted by Gasteiger charge is -2.34. The van der Waals surface area contributed by atoms with Crippen molar-refractivity contribution in [3.8, 4) is 0 Å². The number of hydrogen-bond acceptors (Lipinski definition) is 4. The molecule has 0 aliphatic carbocycles. The molecule has 182 valence electrons. The summed E-state index contributed by atoms with van der Waals surface area (Å²) in [6.07, 6.45) is 4.10. The van der Waals surface area contributed by atoms with Gasteiger partial charge in [0.2, 0.25) is 5.91 Å². The monoisotopic (exact) mass is 465 g/mol. The van der Waals surface area contributed by atoms with Crippen LogP contribution in [0.4, 0.5) is 0 Å². The quantitative estimate of drug-likeness (QED) is 0.681. The Morgan fingerprint density at radius 1 is 1.09 bits per heavy atom. The van der Waals surface area contributed by atoms with E-state index < -0.39 is 6.04 Å². The molecule has 4 rings (SSSR count). The molecule has 0 spiro atoms. The van der Waals surface area contributed by atoms with Crippen LogP contribution in [0.15, 0.2) is 36.4 Å². The lowest BCUT2D eigenvalue weighted by Crippen LogP contribution is -2.52. The molecule has 3 amide bonds. The van der Waals surface area contributed by atoms with Crippen molar-refractivity contribution in [1.82, 2.24) is 24.9 Å². The van der Waals surface area contributed by atoms with Crippen molar-refractivity contribution in [3.05, 3.63) is 53.3 Å². The number of nitrogens with zero attached hydrogens (tertiary/aromatic N) is 4. The van der Waals surface area contributed by atoms with Crippen LogP contribution in [0.2, 0.25) is 0 Å².